The molecule has 3 rings (SSSR count). The lowest BCUT2D eigenvalue weighted by molar-refractivity contribution is 0.293. The molecule has 1 heterocycles. The average molecular weight is 290 g/mol. The number of nitrogens with one attached hydrogen (secondary N) is 1. The number of hydrogen-bond donors (Lipinski definition) is 1. The number of hydrogen-bond acceptors (Lipinski definition) is 2. The van der Waals surface area contributed by atoms with Crippen LogP contribution >= 0.6 is 11.6 Å². The molecule has 1 aromatic heterocycles. The molecule has 1 fully saturated rings. The first kappa shape index (κ1) is 13.7. The van der Waals surface area contributed by atoms with Crippen molar-refractivity contribution in [1.29, 1.82) is 0 Å². The third kappa shape index (κ3) is 3.22. The Morgan fingerprint density at radius 2 is 2.25 bits per heavy atom. The van der Waals surface area contributed by atoms with Gasteiger partial charge in [0, 0.05) is 24.3 Å². The average Bonchev–Trinajstić information content (AvgIpc) is 2.78. The molecule has 1 aliphatic carbocycles. The molecule has 0 radical (unpaired) electrons. The monoisotopic (exact) mass is 289 g/mol. The van der Waals surface area contributed by atoms with Crippen LogP contribution in [0.15, 0.2) is 36.7 Å². The molecule has 0 bridgehead atoms. The van der Waals surface area contributed by atoms with Gasteiger partial charge in [-0.25, -0.2) is 0 Å². The Bertz CT molecular complexity index is 573. The molecule has 4 heteroatoms. The molecule has 0 unspecified atom stereocenters. The fourth-order valence-electron chi connectivity index (χ4n) is 2.84. The minimum Gasteiger partial charge on any atom is -0.314 e. The van der Waals surface area contributed by atoms with Gasteiger partial charge < -0.3 is 5.32 Å². The highest BCUT2D eigenvalue weighted by Gasteiger charge is 2.29. The van der Waals surface area contributed by atoms with E-state index in [9.17, 15) is 0 Å². The van der Waals surface area contributed by atoms with Gasteiger partial charge in [0.25, 0.3) is 0 Å². The predicted molar refractivity (Wildman–Crippen MR) is 82.1 cm³/mol. The second-order valence-electron chi connectivity index (χ2n) is 5.65. The molecule has 1 saturated carbocycles. The topological polar surface area (TPSA) is 29.9 Å². The zero-order valence-electron chi connectivity index (χ0n) is 11.7. The maximum Gasteiger partial charge on any atom is 0.0522 e. The highest BCUT2D eigenvalue weighted by atomic mass is 35.5. The van der Waals surface area contributed by atoms with Gasteiger partial charge in [0.15, 0.2) is 0 Å². The first-order valence-corrected chi connectivity index (χ1v) is 7.55. The predicted octanol–water partition coefficient (Wildman–Crippen LogP) is 3.15. The zero-order chi connectivity index (χ0) is 13.9. The quantitative estimate of drug-likeness (QED) is 0.916. The molecule has 1 N–H and O–H groups in total. The van der Waals surface area contributed by atoms with Crippen LogP contribution in [0.5, 0.6) is 0 Å². The summed E-state index contributed by atoms with van der Waals surface area (Å²) in [6, 6.07) is 8.91. The van der Waals surface area contributed by atoms with E-state index >= 15 is 0 Å². The van der Waals surface area contributed by atoms with Crippen LogP contribution in [-0.2, 0) is 13.5 Å². The van der Waals surface area contributed by atoms with E-state index in [0.29, 0.717) is 12.0 Å². The number of halogens is 1. The van der Waals surface area contributed by atoms with Crippen molar-refractivity contribution in [2.75, 3.05) is 6.54 Å². The molecule has 0 spiro atoms. The Morgan fingerprint density at radius 3 is 2.95 bits per heavy atom. The normalized spacial score (nSPS) is 21.7. The van der Waals surface area contributed by atoms with Crippen LogP contribution in [0, 0.1) is 0 Å². The van der Waals surface area contributed by atoms with Crippen LogP contribution in [0.25, 0.3) is 0 Å². The maximum absolute atomic E-state index is 6.04. The highest BCUT2D eigenvalue weighted by Crippen LogP contribution is 2.37. The molecule has 106 valence electrons. The summed E-state index contributed by atoms with van der Waals surface area (Å²) in [6.45, 7) is 1.03. The zero-order valence-corrected chi connectivity index (χ0v) is 12.5. The molecule has 1 aromatic carbocycles. The Kier molecular flexibility index (Phi) is 4.08. The fourth-order valence-corrected chi connectivity index (χ4v) is 3.04. The van der Waals surface area contributed by atoms with Crippen LogP contribution in [-0.4, -0.2) is 22.4 Å². The van der Waals surface area contributed by atoms with Gasteiger partial charge in [-0.3, -0.25) is 4.68 Å². The molecule has 0 atom stereocenters. The van der Waals surface area contributed by atoms with Gasteiger partial charge >= 0.3 is 0 Å². The standard InChI is InChI=1S/C16H20ClN3/c1-20-11-12(10-19-20)5-6-18-16-8-14(9-16)13-3-2-4-15(17)7-13/h2-4,7,10-11,14,16,18H,5-6,8-9H2,1H3. The molecule has 3 nitrogen and oxygen atoms in total. The van der Waals surface area contributed by atoms with Gasteiger partial charge in [-0.2, -0.15) is 5.10 Å². The smallest absolute Gasteiger partial charge is 0.0522 e. The van der Waals surface area contributed by atoms with E-state index in [4.69, 9.17) is 11.6 Å². The van der Waals surface area contributed by atoms with Gasteiger partial charge in [0.05, 0.1) is 6.20 Å². The van der Waals surface area contributed by atoms with Crippen molar-refractivity contribution in [3.63, 3.8) is 0 Å². The highest BCUT2D eigenvalue weighted by molar-refractivity contribution is 6.30. The molecule has 1 aliphatic rings. The summed E-state index contributed by atoms with van der Waals surface area (Å²) >= 11 is 6.04. The van der Waals surface area contributed by atoms with E-state index in [2.05, 4.69) is 28.7 Å². The molecule has 0 saturated heterocycles. The molecule has 0 aliphatic heterocycles. The van der Waals surface area contributed by atoms with Crippen molar-refractivity contribution in [1.82, 2.24) is 15.1 Å². The van der Waals surface area contributed by atoms with Gasteiger partial charge in [0.2, 0.25) is 0 Å². The molecule has 2 aromatic rings. The van der Waals surface area contributed by atoms with Gasteiger partial charge in [0.1, 0.15) is 0 Å². The summed E-state index contributed by atoms with van der Waals surface area (Å²) in [5, 5.41) is 8.65. The Hall–Kier alpha value is -1.32. The van der Waals surface area contributed by atoms with E-state index in [1.165, 1.54) is 24.0 Å². The van der Waals surface area contributed by atoms with Crippen LogP contribution in [0.1, 0.15) is 29.9 Å². The van der Waals surface area contributed by atoms with E-state index in [1.54, 1.807) is 0 Å². The van der Waals surface area contributed by atoms with Crippen LogP contribution < -0.4 is 5.32 Å². The van der Waals surface area contributed by atoms with Crippen molar-refractivity contribution in [3.05, 3.63) is 52.8 Å². The minimum atomic E-state index is 0.649. The Labute approximate surface area is 124 Å². The Balaban J connectivity index is 1.40. The van der Waals surface area contributed by atoms with Gasteiger partial charge in [-0.05, 0) is 55.0 Å². The van der Waals surface area contributed by atoms with Crippen LogP contribution in [0.4, 0.5) is 0 Å². The van der Waals surface area contributed by atoms with Crippen LogP contribution in [0.3, 0.4) is 0 Å². The largest absolute Gasteiger partial charge is 0.314 e. The SMILES string of the molecule is Cn1cc(CCNC2CC(c3cccc(Cl)c3)C2)cn1. The first-order valence-electron chi connectivity index (χ1n) is 7.17. The van der Waals surface area contributed by atoms with Crippen molar-refractivity contribution in [2.45, 2.75) is 31.2 Å². The first-order chi connectivity index (χ1) is 9.70. The number of aryl methyl sites for hydroxylation is 1. The van der Waals surface area contributed by atoms with E-state index < -0.39 is 0 Å². The molecular formula is C16H20ClN3. The second kappa shape index (κ2) is 5.98. The number of aromatic nitrogens is 2. The number of rotatable bonds is 5. The van der Waals surface area contributed by atoms with E-state index in [-0.39, 0.29) is 0 Å². The minimum absolute atomic E-state index is 0.649. The lowest BCUT2D eigenvalue weighted by Gasteiger charge is -2.36. The third-order valence-corrected chi connectivity index (χ3v) is 4.30. The summed E-state index contributed by atoms with van der Waals surface area (Å²) in [5.74, 6) is 0.671. The Morgan fingerprint density at radius 1 is 1.40 bits per heavy atom. The van der Waals surface area contributed by atoms with Crippen molar-refractivity contribution in [2.24, 2.45) is 7.05 Å². The van der Waals surface area contributed by atoms with Gasteiger partial charge in [-0.15, -0.1) is 0 Å². The third-order valence-electron chi connectivity index (χ3n) is 4.06. The summed E-state index contributed by atoms with van der Waals surface area (Å²) in [7, 11) is 1.96. The maximum atomic E-state index is 6.04. The van der Waals surface area contributed by atoms with Crippen molar-refractivity contribution >= 4 is 11.6 Å². The molecule has 0 amide bonds. The van der Waals surface area contributed by atoms with Crippen molar-refractivity contribution < 1.29 is 0 Å². The summed E-state index contributed by atoms with van der Waals surface area (Å²) in [4.78, 5) is 0. The fraction of sp³-hybridized carbons (Fsp3) is 0.438. The second-order valence-corrected chi connectivity index (χ2v) is 6.08. The van der Waals surface area contributed by atoms with Gasteiger partial charge in [-0.1, -0.05) is 23.7 Å². The number of nitrogens with zero attached hydrogens (tertiary/aromatic N) is 2. The van der Waals surface area contributed by atoms with E-state index in [1.807, 2.05) is 30.1 Å². The summed E-state index contributed by atoms with van der Waals surface area (Å²) in [5.41, 5.74) is 2.67. The van der Waals surface area contributed by atoms with E-state index in [0.717, 1.165) is 18.0 Å². The lowest BCUT2D eigenvalue weighted by atomic mass is 9.76. The summed E-state index contributed by atoms with van der Waals surface area (Å²) in [6.07, 6.45) is 7.50. The van der Waals surface area contributed by atoms with Crippen LogP contribution in [0.2, 0.25) is 5.02 Å². The molecular weight excluding hydrogens is 270 g/mol. The molecule has 20 heavy (non-hydrogen) atoms. The van der Waals surface area contributed by atoms with Crippen molar-refractivity contribution in [3.8, 4) is 0 Å². The number of benzene rings is 1. The summed E-state index contributed by atoms with van der Waals surface area (Å²) < 4.78 is 1.86. The lowest BCUT2D eigenvalue weighted by Crippen LogP contribution is -2.40.